The van der Waals surface area contributed by atoms with E-state index in [1.165, 1.54) is 9.87 Å². The molecule has 8 heteroatoms. The Morgan fingerprint density at radius 1 is 1.20 bits per heavy atom. The third kappa shape index (κ3) is 4.34. The van der Waals surface area contributed by atoms with E-state index in [-0.39, 0.29) is 24.2 Å². The van der Waals surface area contributed by atoms with E-state index in [1.54, 1.807) is 6.07 Å². The molecule has 0 radical (unpaired) electrons. The highest BCUT2D eigenvalue weighted by molar-refractivity contribution is 7.89. The number of sulfonamides is 1. The van der Waals surface area contributed by atoms with E-state index in [4.69, 9.17) is 5.73 Å². The minimum absolute atomic E-state index is 0. The van der Waals surface area contributed by atoms with Crippen molar-refractivity contribution in [3.8, 4) is 0 Å². The first-order valence-corrected chi connectivity index (χ1v) is 10.1. The SMILES string of the molecule is Cl.NCCNC(=O)C1CCN(S(=O)(=O)c2ccc3c(c2)CCC3)CC1. The first-order valence-electron chi connectivity index (χ1n) is 8.62. The zero-order valence-electron chi connectivity index (χ0n) is 14.2. The van der Waals surface area contributed by atoms with Crippen molar-refractivity contribution in [3.63, 3.8) is 0 Å². The van der Waals surface area contributed by atoms with Gasteiger partial charge >= 0.3 is 0 Å². The van der Waals surface area contributed by atoms with E-state index < -0.39 is 10.0 Å². The lowest BCUT2D eigenvalue weighted by Gasteiger charge is -2.30. The van der Waals surface area contributed by atoms with Crippen molar-refractivity contribution >= 4 is 28.3 Å². The highest BCUT2D eigenvalue weighted by Crippen LogP contribution is 2.28. The van der Waals surface area contributed by atoms with E-state index >= 15 is 0 Å². The number of nitrogens with two attached hydrogens (primary N) is 1. The molecule has 140 valence electrons. The number of hydrogen-bond acceptors (Lipinski definition) is 4. The van der Waals surface area contributed by atoms with Crippen LogP contribution in [-0.4, -0.2) is 44.8 Å². The fourth-order valence-corrected chi connectivity index (χ4v) is 5.08. The highest BCUT2D eigenvalue weighted by Gasteiger charge is 2.32. The van der Waals surface area contributed by atoms with E-state index in [0.29, 0.717) is 43.9 Å². The maximum atomic E-state index is 12.8. The van der Waals surface area contributed by atoms with Gasteiger partial charge in [0.1, 0.15) is 0 Å². The minimum atomic E-state index is -3.47. The molecule has 0 spiro atoms. The van der Waals surface area contributed by atoms with E-state index in [0.717, 1.165) is 24.8 Å². The molecule has 1 amide bonds. The topological polar surface area (TPSA) is 92.5 Å². The molecular formula is C17H26ClN3O3S. The van der Waals surface area contributed by atoms with E-state index in [2.05, 4.69) is 5.32 Å². The molecule has 1 aromatic rings. The normalized spacial score (nSPS) is 18.4. The molecule has 6 nitrogen and oxygen atoms in total. The molecule has 2 aliphatic rings. The minimum Gasteiger partial charge on any atom is -0.355 e. The van der Waals surface area contributed by atoms with Gasteiger partial charge in [-0.05, 0) is 55.4 Å². The molecule has 1 aliphatic heterocycles. The standard InChI is InChI=1S/C17H25N3O3S.ClH/c18-8-9-19-17(21)14-6-10-20(11-7-14)24(22,23)16-5-4-13-2-1-3-15(13)12-16;/h4-5,12,14H,1-3,6-11,18H2,(H,19,21);1H. The Bertz CT molecular complexity index is 716. The van der Waals surface area contributed by atoms with Crippen LogP contribution in [0.4, 0.5) is 0 Å². The van der Waals surface area contributed by atoms with Gasteiger partial charge in [-0.1, -0.05) is 6.07 Å². The molecule has 0 aromatic heterocycles. The van der Waals surface area contributed by atoms with E-state index in [1.807, 2.05) is 12.1 Å². The molecule has 1 fully saturated rings. The quantitative estimate of drug-likeness (QED) is 0.790. The van der Waals surface area contributed by atoms with Crippen LogP contribution < -0.4 is 11.1 Å². The van der Waals surface area contributed by atoms with Crippen LogP contribution in [0.1, 0.15) is 30.4 Å². The van der Waals surface area contributed by atoms with Crippen LogP contribution in [-0.2, 0) is 27.7 Å². The first-order chi connectivity index (χ1) is 11.5. The average molecular weight is 388 g/mol. The summed E-state index contributed by atoms with van der Waals surface area (Å²) in [5.74, 6) is -0.141. The number of aryl methyl sites for hydroxylation is 2. The summed E-state index contributed by atoms with van der Waals surface area (Å²) in [6.07, 6.45) is 4.21. The van der Waals surface area contributed by atoms with Crippen molar-refractivity contribution in [2.24, 2.45) is 11.7 Å². The highest BCUT2D eigenvalue weighted by atomic mass is 35.5. The monoisotopic (exact) mass is 387 g/mol. The molecule has 1 heterocycles. The summed E-state index contributed by atoms with van der Waals surface area (Å²) in [6, 6.07) is 5.50. The summed E-state index contributed by atoms with van der Waals surface area (Å²) in [7, 11) is -3.47. The third-order valence-electron chi connectivity index (χ3n) is 4.98. The number of carbonyl (C=O) groups excluding carboxylic acids is 1. The predicted octanol–water partition coefficient (Wildman–Crippen LogP) is 1.07. The van der Waals surface area contributed by atoms with Gasteiger partial charge in [0.05, 0.1) is 4.90 Å². The zero-order valence-corrected chi connectivity index (χ0v) is 15.9. The lowest BCUT2D eigenvalue weighted by molar-refractivity contribution is -0.126. The van der Waals surface area contributed by atoms with Crippen LogP contribution in [0, 0.1) is 5.92 Å². The number of piperidine rings is 1. The summed E-state index contributed by atoms with van der Waals surface area (Å²) < 4.78 is 27.2. The molecule has 1 aliphatic carbocycles. The van der Waals surface area contributed by atoms with Crippen LogP contribution in [0.25, 0.3) is 0 Å². The number of carbonyl (C=O) groups is 1. The summed E-state index contributed by atoms with van der Waals surface area (Å²) in [4.78, 5) is 12.4. The largest absolute Gasteiger partial charge is 0.355 e. The van der Waals surface area contributed by atoms with Crippen LogP contribution in [0.3, 0.4) is 0 Å². The van der Waals surface area contributed by atoms with Crippen molar-refractivity contribution in [2.45, 2.75) is 37.0 Å². The Kier molecular flexibility index (Phi) is 6.85. The summed E-state index contributed by atoms with van der Waals surface area (Å²) in [5, 5.41) is 2.78. The number of nitrogens with one attached hydrogen (secondary N) is 1. The lowest BCUT2D eigenvalue weighted by atomic mass is 9.97. The average Bonchev–Trinajstić information content (AvgIpc) is 3.07. The second-order valence-electron chi connectivity index (χ2n) is 6.54. The van der Waals surface area contributed by atoms with Crippen LogP contribution in [0.5, 0.6) is 0 Å². The first kappa shape index (κ1) is 20.2. The molecule has 25 heavy (non-hydrogen) atoms. The molecule has 3 rings (SSSR count). The molecule has 0 saturated carbocycles. The Labute approximate surface area is 155 Å². The lowest BCUT2D eigenvalue weighted by Crippen LogP contribution is -2.43. The van der Waals surface area contributed by atoms with Crippen LogP contribution in [0.2, 0.25) is 0 Å². The van der Waals surface area contributed by atoms with Gasteiger partial charge in [-0.3, -0.25) is 4.79 Å². The zero-order chi connectivity index (χ0) is 17.2. The molecule has 1 saturated heterocycles. The van der Waals surface area contributed by atoms with Gasteiger partial charge in [-0.2, -0.15) is 4.31 Å². The Morgan fingerprint density at radius 2 is 1.88 bits per heavy atom. The fraction of sp³-hybridized carbons (Fsp3) is 0.588. The summed E-state index contributed by atoms with van der Waals surface area (Å²) >= 11 is 0. The van der Waals surface area contributed by atoms with Crippen molar-refractivity contribution in [2.75, 3.05) is 26.2 Å². The van der Waals surface area contributed by atoms with Gasteiger partial charge in [0.2, 0.25) is 15.9 Å². The molecule has 0 unspecified atom stereocenters. The van der Waals surface area contributed by atoms with Gasteiger partial charge < -0.3 is 11.1 Å². The summed E-state index contributed by atoms with van der Waals surface area (Å²) in [6.45, 7) is 1.66. The van der Waals surface area contributed by atoms with Gasteiger partial charge in [0.15, 0.2) is 0 Å². The van der Waals surface area contributed by atoms with E-state index in [9.17, 15) is 13.2 Å². The predicted molar refractivity (Wildman–Crippen MR) is 99.3 cm³/mol. The van der Waals surface area contributed by atoms with Gasteiger partial charge in [0.25, 0.3) is 0 Å². The van der Waals surface area contributed by atoms with Crippen molar-refractivity contribution in [3.05, 3.63) is 29.3 Å². The van der Waals surface area contributed by atoms with Crippen LogP contribution in [0.15, 0.2) is 23.1 Å². The Balaban J connectivity index is 0.00000225. The number of benzene rings is 1. The molecule has 0 bridgehead atoms. The van der Waals surface area contributed by atoms with Gasteiger partial charge in [0, 0.05) is 32.1 Å². The number of hydrogen-bond donors (Lipinski definition) is 2. The number of amides is 1. The Morgan fingerprint density at radius 3 is 2.56 bits per heavy atom. The molecule has 3 N–H and O–H groups in total. The van der Waals surface area contributed by atoms with Crippen molar-refractivity contribution in [1.82, 2.24) is 9.62 Å². The number of halogens is 1. The van der Waals surface area contributed by atoms with Crippen molar-refractivity contribution in [1.29, 1.82) is 0 Å². The smallest absolute Gasteiger partial charge is 0.243 e. The fourth-order valence-electron chi connectivity index (χ4n) is 3.56. The second-order valence-corrected chi connectivity index (χ2v) is 8.48. The molecule has 0 atom stereocenters. The maximum Gasteiger partial charge on any atom is 0.243 e. The van der Waals surface area contributed by atoms with Crippen LogP contribution >= 0.6 is 12.4 Å². The second kappa shape index (κ2) is 8.49. The van der Waals surface area contributed by atoms with Gasteiger partial charge in [-0.25, -0.2) is 8.42 Å². The maximum absolute atomic E-state index is 12.8. The number of fused-ring (bicyclic) bond motifs is 1. The molecule has 1 aromatic carbocycles. The summed E-state index contributed by atoms with van der Waals surface area (Å²) in [5.41, 5.74) is 7.81. The van der Waals surface area contributed by atoms with Gasteiger partial charge in [-0.15, -0.1) is 12.4 Å². The number of rotatable bonds is 5. The third-order valence-corrected chi connectivity index (χ3v) is 6.87. The van der Waals surface area contributed by atoms with Crippen molar-refractivity contribution < 1.29 is 13.2 Å². The Hall–Kier alpha value is -1.15. The number of nitrogens with zero attached hydrogens (tertiary/aromatic N) is 1. The molecular weight excluding hydrogens is 362 g/mol.